The molecular formula is C16H19FN2O. The van der Waals surface area contributed by atoms with Crippen molar-refractivity contribution in [1.82, 2.24) is 4.98 Å². The Morgan fingerprint density at radius 3 is 2.60 bits per heavy atom. The summed E-state index contributed by atoms with van der Waals surface area (Å²) >= 11 is 0. The van der Waals surface area contributed by atoms with Gasteiger partial charge in [0, 0.05) is 23.5 Å². The fourth-order valence-corrected chi connectivity index (χ4v) is 2.31. The highest BCUT2D eigenvalue weighted by Crippen LogP contribution is 2.37. The van der Waals surface area contributed by atoms with Crippen LogP contribution in [0.25, 0.3) is 11.1 Å². The molecule has 0 amide bonds. The zero-order chi connectivity index (χ0) is 14.9. The van der Waals surface area contributed by atoms with E-state index in [1.54, 1.807) is 26.3 Å². The molecule has 2 aromatic rings. The van der Waals surface area contributed by atoms with Crippen molar-refractivity contribution < 1.29 is 9.13 Å². The zero-order valence-electron chi connectivity index (χ0n) is 12.2. The fraction of sp³-hybridized carbons (Fsp3) is 0.312. The van der Waals surface area contributed by atoms with Crippen LogP contribution in [0.15, 0.2) is 24.4 Å². The summed E-state index contributed by atoms with van der Waals surface area (Å²) in [6.45, 7) is 5.73. The van der Waals surface area contributed by atoms with E-state index in [2.05, 4.69) is 4.98 Å². The Morgan fingerprint density at radius 2 is 2.00 bits per heavy atom. The smallest absolute Gasteiger partial charge is 0.213 e. The summed E-state index contributed by atoms with van der Waals surface area (Å²) in [6.07, 6.45) is 1.63. The predicted octanol–water partition coefficient (Wildman–Crippen LogP) is 3.91. The molecular weight excluding hydrogens is 255 g/mol. The normalized spacial score (nSPS) is 10.9. The Labute approximate surface area is 118 Å². The van der Waals surface area contributed by atoms with Crippen molar-refractivity contribution in [2.24, 2.45) is 0 Å². The quantitative estimate of drug-likeness (QED) is 0.863. The standard InChI is InChI=1S/C16H19FN2O/c1-9(2)12-8-13(17)10(3)15(16(12)18)11-5-6-19-14(7-11)20-4/h5-9H,18H2,1-4H3. The topological polar surface area (TPSA) is 48.1 Å². The molecule has 2 rings (SSSR count). The highest BCUT2D eigenvalue weighted by Gasteiger charge is 2.17. The average Bonchev–Trinajstić information content (AvgIpc) is 2.43. The van der Waals surface area contributed by atoms with Crippen molar-refractivity contribution in [3.05, 3.63) is 41.3 Å². The van der Waals surface area contributed by atoms with E-state index in [1.165, 1.54) is 6.07 Å². The van der Waals surface area contributed by atoms with E-state index in [0.29, 0.717) is 17.1 Å². The van der Waals surface area contributed by atoms with E-state index >= 15 is 0 Å². The number of methoxy groups -OCH3 is 1. The van der Waals surface area contributed by atoms with Crippen LogP contribution in [0.1, 0.15) is 30.9 Å². The van der Waals surface area contributed by atoms with E-state index in [-0.39, 0.29) is 11.7 Å². The summed E-state index contributed by atoms with van der Waals surface area (Å²) in [5, 5.41) is 0. The van der Waals surface area contributed by atoms with Gasteiger partial charge in [-0.2, -0.15) is 0 Å². The second-order valence-corrected chi connectivity index (χ2v) is 5.10. The number of nitrogen functional groups attached to an aromatic ring is 1. The monoisotopic (exact) mass is 274 g/mol. The predicted molar refractivity (Wildman–Crippen MR) is 79.4 cm³/mol. The number of hydrogen-bond acceptors (Lipinski definition) is 3. The number of rotatable bonds is 3. The maximum Gasteiger partial charge on any atom is 0.213 e. The molecule has 0 saturated carbocycles. The number of pyridine rings is 1. The average molecular weight is 274 g/mol. The lowest BCUT2D eigenvalue weighted by Crippen LogP contribution is -2.03. The number of ether oxygens (including phenoxy) is 1. The minimum absolute atomic E-state index is 0.160. The third kappa shape index (κ3) is 2.46. The van der Waals surface area contributed by atoms with Crippen molar-refractivity contribution in [2.75, 3.05) is 12.8 Å². The van der Waals surface area contributed by atoms with Gasteiger partial charge in [-0.15, -0.1) is 0 Å². The van der Waals surface area contributed by atoms with Crippen LogP contribution in [-0.4, -0.2) is 12.1 Å². The lowest BCUT2D eigenvalue weighted by molar-refractivity contribution is 0.398. The summed E-state index contributed by atoms with van der Waals surface area (Å²) in [7, 11) is 1.55. The Kier molecular flexibility index (Phi) is 3.93. The van der Waals surface area contributed by atoms with Crippen molar-refractivity contribution >= 4 is 5.69 Å². The maximum atomic E-state index is 14.1. The summed E-state index contributed by atoms with van der Waals surface area (Å²) in [6, 6.07) is 5.10. The van der Waals surface area contributed by atoms with Crippen LogP contribution in [0.4, 0.5) is 10.1 Å². The van der Waals surface area contributed by atoms with Gasteiger partial charge in [0.05, 0.1) is 7.11 Å². The van der Waals surface area contributed by atoms with Crippen LogP contribution in [0, 0.1) is 12.7 Å². The molecule has 1 heterocycles. The van der Waals surface area contributed by atoms with Crippen LogP contribution in [0.2, 0.25) is 0 Å². The number of anilines is 1. The number of nitrogens with zero attached hydrogens (tertiary/aromatic N) is 1. The zero-order valence-corrected chi connectivity index (χ0v) is 12.2. The Morgan fingerprint density at radius 1 is 1.30 bits per heavy atom. The lowest BCUT2D eigenvalue weighted by atomic mass is 9.91. The first kappa shape index (κ1) is 14.3. The van der Waals surface area contributed by atoms with E-state index in [0.717, 1.165) is 16.7 Å². The maximum absolute atomic E-state index is 14.1. The van der Waals surface area contributed by atoms with Gasteiger partial charge in [0.1, 0.15) is 5.82 Å². The van der Waals surface area contributed by atoms with E-state index in [9.17, 15) is 4.39 Å². The Hall–Kier alpha value is -2.10. The Balaban J connectivity index is 2.72. The molecule has 1 aromatic carbocycles. The highest BCUT2D eigenvalue weighted by atomic mass is 19.1. The number of benzene rings is 1. The van der Waals surface area contributed by atoms with Crippen molar-refractivity contribution in [3.63, 3.8) is 0 Å². The minimum Gasteiger partial charge on any atom is -0.481 e. The number of hydrogen-bond donors (Lipinski definition) is 1. The van der Waals surface area contributed by atoms with Crippen LogP contribution in [0.5, 0.6) is 5.88 Å². The second-order valence-electron chi connectivity index (χ2n) is 5.10. The molecule has 0 saturated heterocycles. The Bertz CT molecular complexity index is 639. The molecule has 0 unspecified atom stereocenters. The van der Waals surface area contributed by atoms with Gasteiger partial charge in [0.2, 0.25) is 5.88 Å². The van der Waals surface area contributed by atoms with Gasteiger partial charge >= 0.3 is 0 Å². The number of nitrogens with two attached hydrogens (primary N) is 1. The third-order valence-corrected chi connectivity index (χ3v) is 3.45. The lowest BCUT2D eigenvalue weighted by Gasteiger charge is -2.17. The SMILES string of the molecule is COc1cc(-c2c(C)c(F)cc(C(C)C)c2N)ccn1. The summed E-state index contributed by atoms with van der Waals surface area (Å²) < 4.78 is 19.3. The molecule has 1 aromatic heterocycles. The van der Waals surface area contributed by atoms with E-state index in [4.69, 9.17) is 10.5 Å². The first-order valence-electron chi connectivity index (χ1n) is 6.54. The fourth-order valence-electron chi connectivity index (χ4n) is 2.31. The van der Waals surface area contributed by atoms with Gasteiger partial charge in [0.15, 0.2) is 0 Å². The number of aromatic nitrogens is 1. The van der Waals surface area contributed by atoms with Crippen LogP contribution >= 0.6 is 0 Å². The van der Waals surface area contributed by atoms with Gasteiger partial charge in [-0.1, -0.05) is 13.8 Å². The van der Waals surface area contributed by atoms with Crippen molar-refractivity contribution in [2.45, 2.75) is 26.7 Å². The molecule has 0 atom stereocenters. The molecule has 0 bridgehead atoms. The summed E-state index contributed by atoms with van der Waals surface area (Å²) in [4.78, 5) is 4.07. The van der Waals surface area contributed by atoms with E-state index < -0.39 is 0 Å². The van der Waals surface area contributed by atoms with Gasteiger partial charge in [-0.3, -0.25) is 0 Å². The highest BCUT2D eigenvalue weighted by molar-refractivity contribution is 5.82. The molecule has 4 heteroatoms. The van der Waals surface area contributed by atoms with Crippen LogP contribution < -0.4 is 10.5 Å². The molecule has 0 aliphatic carbocycles. The van der Waals surface area contributed by atoms with Gasteiger partial charge in [-0.25, -0.2) is 9.37 Å². The summed E-state index contributed by atoms with van der Waals surface area (Å²) in [5.74, 6) is 0.401. The van der Waals surface area contributed by atoms with Crippen LogP contribution in [0.3, 0.4) is 0 Å². The van der Waals surface area contributed by atoms with Gasteiger partial charge in [0.25, 0.3) is 0 Å². The first-order chi connectivity index (χ1) is 9.45. The molecule has 0 spiro atoms. The molecule has 0 aliphatic heterocycles. The molecule has 3 nitrogen and oxygen atoms in total. The van der Waals surface area contributed by atoms with Crippen LogP contribution in [-0.2, 0) is 0 Å². The summed E-state index contributed by atoms with van der Waals surface area (Å²) in [5.41, 5.74) is 9.76. The molecule has 20 heavy (non-hydrogen) atoms. The molecule has 0 fully saturated rings. The van der Waals surface area contributed by atoms with Crippen molar-refractivity contribution in [3.8, 4) is 17.0 Å². The van der Waals surface area contributed by atoms with Gasteiger partial charge < -0.3 is 10.5 Å². The molecule has 0 radical (unpaired) electrons. The largest absolute Gasteiger partial charge is 0.481 e. The molecule has 2 N–H and O–H groups in total. The first-order valence-corrected chi connectivity index (χ1v) is 6.54. The van der Waals surface area contributed by atoms with E-state index in [1.807, 2.05) is 19.9 Å². The van der Waals surface area contributed by atoms with Gasteiger partial charge in [-0.05, 0) is 41.7 Å². The van der Waals surface area contributed by atoms with Crippen molar-refractivity contribution in [1.29, 1.82) is 0 Å². The third-order valence-electron chi connectivity index (χ3n) is 3.45. The minimum atomic E-state index is -0.242. The molecule has 0 aliphatic rings. The molecule has 106 valence electrons. The number of halogens is 1. The second kappa shape index (κ2) is 5.49.